The molecule has 23 heavy (non-hydrogen) atoms. The van der Waals surface area contributed by atoms with Crippen LogP contribution in [-0.2, 0) is 10.0 Å². The van der Waals surface area contributed by atoms with Gasteiger partial charge in [-0.25, -0.2) is 13.1 Å². The zero-order valence-electron chi connectivity index (χ0n) is 13.4. The molecule has 124 valence electrons. The molecule has 1 atom stereocenters. The van der Waals surface area contributed by atoms with E-state index in [9.17, 15) is 8.42 Å². The van der Waals surface area contributed by atoms with E-state index in [1.54, 1.807) is 12.1 Å². The van der Waals surface area contributed by atoms with Gasteiger partial charge in [-0.3, -0.25) is 0 Å². The summed E-state index contributed by atoms with van der Waals surface area (Å²) in [4.78, 5) is 2.55. The number of piperazine rings is 1. The van der Waals surface area contributed by atoms with Gasteiger partial charge >= 0.3 is 0 Å². The fourth-order valence-corrected chi connectivity index (χ4v) is 3.87. The topological polar surface area (TPSA) is 61.4 Å². The van der Waals surface area contributed by atoms with Crippen LogP contribution >= 0.6 is 0 Å². The van der Waals surface area contributed by atoms with E-state index in [1.807, 2.05) is 19.1 Å². The van der Waals surface area contributed by atoms with Crippen LogP contribution in [0.15, 0.2) is 29.2 Å². The first-order valence-corrected chi connectivity index (χ1v) is 9.58. The van der Waals surface area contributed by atoms with E-state index in [0.717, 1.165) is 38.2 Å². The second-order valence-corrected chi connectivity index (χ2v) is 7.86. The maximum atomic E-state index is 12.3. The number of hydrogen-bond acceptors (Lipinski definition) is 4. The molecule has 6 heteroatoms. The van der Waals surface area contributed by atoms with Crippen LogP contribution in [0.4, 0.5) is 5.69 Å². The molecule has 0 aromatic heterocycles. The van der Waals surface area contributed by atoms with Crippen LogP contribution in [0.1, 0.15) is 19.8 Å². The fourth-order valence-electron chi connectivity index (χ4n) is 2.76. The molecule has 0 amide bonds. The molecule has 2 aliphatic rings. The highest BCUT2D eigenvalue weighted by Gasteiger charge is 2.25. The second kappa shape index (κ2) is 6.91. The zero-order chi connectivity index (χ0) is 16.3. The minimum Gasteiger partial charge on any atom is -0.355 e. The molecular formula is C17H23N3O2S. The Labute approximate surface area is 138 Å². The third-order valence-electron chi connectivity index (χ3n) is 4.29. The number of hydrogen-bond donors (Lipinski definition) is 2. The highest BCUT2D eigenvalue weighted by molar-refractivity contribution is 7.89. The second-order valence-electron chi connectivity index (χ2n) is 6.10. The third-order valence-corrected chi connectivity index (χ3v) is 5.73. The molecule has 1 heterocycles. The van der Waals surface area contributed by atoms with E-state index < -0.39 is 10.0 Å². The van der Waals surface area contributed by atoms with Crippen molar-refractivity contribution in [3.8, 4) is 11.8 Å². The van der Waals surface area contributed by atoms with Gasteiger partial charge in [0.25, 0.3) is 0 Å². The molecule has 0 radical (unpaired) electrons. The summed E-state index contributed by atoms with van der Waals surface area (Å²) < 4.78 is 27.2. The van der Waals surface area contributed by atoms with Crippen LogP contribution in [0.5, 0.6) is 0 Å². The smallest absolute Gasteiger partial charge is 0.240 e. The van der Waals surface area contributed by atoms with Crippen molar-refractivity contribution in [1.29, 1.82) is 0 Å². The summed E-state index contributed by atoms with van der Waals surface area (Å²) in [6.07, 6.45) is 2.26. The van der Waals surface area contributed by atoms with Crippen molar-refractivity contribution < 1.29 is 8.42 Å². The highest BCUT2D eigenvalue weighted by Crippen LogP contribution is 2.28. The maximum Gasteiger partial charge on any atom is 0.240 e. The summed E-state index contributed by atoms with van der Waals surface area (Å²) >= 11 is 0. The van der Waals surface area contributed by atoms with E-state index in [1.165, 1.54) is 0 Å². The Morgan fingerprint density at radius 3 is 2.70 bits per heavy atom. The summed E-state index contributed by atoms with van der Waals surface area (Å²) in [5, 5.41) is 3.34. The molecule has 0 spiro atoms. The van der Waals surface area contributed by atoms with Gasteiger partial charge in [-0.1, -0.05) is 5.92 Å². The molecule has 2 fully saturated rings. The van der Waals surface area contributed by atoms with Gasteiger partial charge in [0.2, 0.25) is 10.0 Å². The first-order chi connectivity index (χ1) is 11.1. The minimum absolute atomic E-state index is 0.129. The number of sulfonamides is 1. The van der Waals surface area contributed by atoms with Gasteiger partial charge in [0.15, 0.2) is 0 Å². The van der Waals surface area contributed by atoms with Crippen LogP contribution in [0, 0.1) is 17.8 Å². The quantitative estimate of drug-likeness (QED) is 0.795. The lowest BCUT2D eigenvalue weighted by Gasteiger charge is -2.35. The van der Waals surface area contributed by atoms with E-state index >= 15 is 0 Å². The summed E-state index contributed by atoms with van der Waals surface area (Å²) in [6.45, 7) is 4.99. The zero-order valence-corrected chi connectivity index (χ0v) is 14.2. The Morgan fingerprint density at radius 1 is 1.30 bits per heavy atom. The molecule has 1 saturated carbocycles. The number of nitrogens with one attached hydrogen (secondary N) is 2. The number of rotatable bonds is 5. The maximum absolute atomic E-state index is 12.3. The predicted octanol–water partition coefficient (Wildman–Crippen LogP) is 1.18. The van der Waals surface area contributed by atoms with E-state index in [0.29, 0.717) is 17.4 Å². The standard InChI is InChI=1S/C17H23N3O2S/c1-2-3-16-13-18-10-11-20(16)15-6-8-17(9-7-15)23(21,22)19-12-14-4-5-14/h6-9,14,16,18-19H,4-5,10-13H2,1H3/t16-/m0/s1. The van der Waals surface area contributed by atoms with Gasteiger partial charge in [0, 0.05) is 31.9 Å². The highest BCUT2D eigenvalue weighted by atomic mass is 32.2. The van der Waals surface area contributed by atoms with Gasteiger partial charge in [0.05, 0.1) is 4.90 Å². The van der Waals surface area contributed by atoms with Crippen molar-refractivity contribution in [3.05, 3.63) is 24.3 Å². The summed E-state index contributed by atoms with van der Waals surface area (Å²) in [5.74, 6) is 6.70. The average Bonchev–Trinajstić information content (AvgIpc) is 3.39. The monoisotopic (exact) mass is 333 g/mol. The van der Waals surface area contributed by atoms with Crippen LogP contribution in [0.2, 0.25) is 0 Å². The lowest BCUT2D eigenvalue weighted by molar-refractivity contribution is 0.538. The van der Waals surface area contributed by atoms with Gasteiger partial charge in [-0.2, -0.15) is 0 Å². The van der Waals surface area contributed by atoms with Gasteiger partial charge in [0.1, 0.15) is 6.04 Å². The summed E-state index contributed by atoms with van der Waals surface area (Å²) in [6, 6.07) is 7.25. The Hall–Kier alpha value is -1.55. The number of anilines is 1. The first kappa shape index (κ1) is 16.3. The van der Waals surface area contributed by atoms with Crippen molar-refractivity contribution in [3.63, 3.8) is 0 Å². The lowest BCUT2D eigenvalue weighted by atomic mass is 10.1. The molecule has 1 aromatic rings. The van der Waals surface area contributed by atoms with Crippen molar-refractivity contribution in [2.75, 3.05) is 31.1 Å². The van der Waals surface area contributed by atoms with Gasteiger partial charge in [-0.05, 0) is 49.9 Å². The van der Waals surface area contributed by atoms with E-state index in [4.69, 9.17) is 0 Å². The summed E-state index contributed by atoms with van der Waals surface area (Å²) in [5.41, 5.74) is 1.01. The van der Waals surface area contributed by atoms with E-state index in [-0.39, 0.29) is 6.04 Å². The minimum atomic E-state index is -3.40. The van der Waals surface area contributed by atoms with Crippen molar-refractivity contribution in [2.45, 2.75) is 30.7 Å². The molecule has 1 aliphatic carbocycles. The van der Waals surface area contributed by atoms with E-state index in [2.05, 4.69) is 26.8 Å². The van der Waals surface area contributed by atoms with Crippen LogP contribution in [0.25, 0.3) is 0 Å². The molecule has 5 nitrogen and oxygen atoms in total. The molecule has 2 N–H and O–H groups in total. The van der Waals surface area contributed by atoms with Crippen molar-refractivity contribution >= 4 is 15.7 Å². The fraction of sp³-hybridized carbons (Fsp3) is 0.529. The Balaban J connectivity index is 1.73. The number of nitrogens with zero attached hydrogens (tertiary/aromatic N) is 1. The molecular weight excluding hydrogens is 310 g/mol. The SMILES string of the molecule is CC#C[C@H]1CNCCN1c1ccc(S(=O)(=O)NCC2CC2)cc1. The lowest BCUT2D eigenvalue weighted by Crippen LogP contribution is -2.50. The van der Waals surface area contributed by atoms with Crippen LogP contribution < -0.4 is 14.9 Å². The Bertz CT molecular complexity index is 700. The normalized spacial score (nSPS) is 21.6. The third kappa shape index (κ3) is 4.05. The molecule has 3 rings (SSSR count). The van der Waals surface area contributed by atoms with Crippen molar-refractivity contribution in [2.24, 2.45) is 5.92 Å². The van der Waals surface area contributed by atoms with Gasteiger partial charge in [-0.15, -0.1) is 5.92 Å². The average molecular weight is 333 g/mol. The van der Waals surface area contributed by atoms with Crippen molar-refractivity contribution in [1.82, 2.24) is 10.0 Å². The molecule has 0 unspecified atom stereocenters. The molecule has 0 bridgehead atoms. The van der Waals surface area contributed by atoms with Gasteiger partial charge < -0.3 is 10.2 Å². The molecule has 1 aliphatic heterocycles. The number of benzene rings is 1. The predicted molar refractivity (Wildman–Crippen MR) is 91.8 cm³/mol. The molecule has 1 aromatic carbocycles. The first-order valence-electron chi connectivity index (χ1n) is 8.09. The summed E-state index contributed by atoms with van der Waals surface area (Å²) in [7, 11) is -3.40. The Kier molecular flexibility index (Phi) is 4.90. The van der Waals surface area contributed by atoms with Crippen LogP contribution in [-0.4, -0.2) is 40.6 Å². The largest absolute Gasteiger partial charge is 0.355 e. The molecule has 1 saturated heterocycles. The Morgan fingerprint density at radius 2 is 2.04 bits per heavy atom. The van der Waals surface area contributed by atoms with Crippen LogP contribution in [0.3, 0.4) is 0 Å².